The molecular weight excluding hydrogens is 360 g/mol. The summed E-state index contributed by atoms with van der Waals surface area (Å²) in [7, 11) is 0. The highest BCUT2D eigenvalue weighted by molar-refractivity contribution is 5.15. The average molecular weight is 407 g/mol. The van der Waals surface area contributed by atoms with Crippen LogP contribution in [0.4, 0.5) is 0 Å². The Morgan fingerprint density at radius 2 is 1.69 bits per heavy atom. The summed E-state index contributed by atoms with van der Waals surface area (Å²) in [5, 5.41) is 33.8. The Balaban J connectivity index is 1.72. The summed E-state index contributed by atoms with van der Waals surface area (Å²) >= 11 is 0. The van der Waals surface area contributed by atoms with Crippen molar-refractivity contribution in [1.29, 1.82) is 0 Å². The molecule has 4 rings (SSSR count). The molecule has 29 heavy (non-hydrogen) atoms. The van der Waals surface area contributed by atoms with Crippen molar-refractivity contribution in [3.8, 4) is 0 Å². The molecule has 3 unspecified atom stereocenters. The Bertz CT molecular complexity index is 593. The maximum Gasteiger partial charge on any atom is 0.0605 e. The molecule has 3 nitrogen and oxygen atoms in total. The van der Waals surface area contributed by atoms with Crippen molar-refractivity contribution >= 4 is 0 Å². The monoisotopic (exact) mass is 406 g/mol. The first-order valence-electron chi connectivity index (χ1n) is 12.7. The molecular formula is C26H46O3. The van der Waals surface area contributed by atoms with Gasteiger partial charge in [-0.15, -0.1) is 0 Å². The smallest absolute Gasteiger partial charge is 0.0605 e. The summed E-state index contributed by atoms with van der Waals surface area (Å²) in [6.07, 6.45) is 8.66. The molecule has 0 amide bonds. The van der Waals surface area contributed by atoms with Crippen LogP contribution >= 0.6 is 0 Å². The van der Waals surface area contributed by atoms with Gasteiger partial charge in [0.25, 0.3) is 0 Å². The van der Waals surface area contributed by atoms with Crippen LogP contribution in [0.2, 0.25) is 0 Å². The minimum absolute atomic E-state index is 0.0532. The molecule has 3 heteroatoms. The van der Waals surface area contributed by atoms with Crippen molar-refractivity contribution in [2.45, 2.75) is 111 Å². The summed E-state index contributed by atoms with van der Waals surface area (Å²) in [6.45, 7) is 11.8. The van der Waals surface area contributed by atoms with Gasteiger partial charge in [0.2, 0.25) is 0 Å². The fraction of sp³-hybridized carbons (Fsp3) is 1.00. The highest BCUT2D eigenvalue weighted by Crippen LogP contribution is 2.69. The van der Waals surface area contributed by atoms with Gasteiger partial charge in [-0.1, -0.05) is 53.9 Å². The van der Waals surface area contributed by atoms with E-state index in [1.54, 1.807) is 0 Å². The lowest BCUT2D eigenvalue weighted by molar-refractivity contribution is -0.235. The van der Waals surface area contributed by atoms with Crippen LogP contribution in [0, 0.1) is 52.3 Å². The second-order valence-electron chi connectivity index (χ2n) is 12.0. The Kier molecular flexibility index (Phi) is 5.93. The van der Waals surface area contributed by atoms with Crippen molar-refractivity contribution in [3.05, 3.63) is 0 Å². The van der Waals surface area contributed by atoms with Crippen LogP contribution in [0.25, 0.3) is 0 Å². The lowest BCUT2D eigenvalue weighted by Crippen LogP contribution is -2.65. The lowest BCUT2D eigenvalue weighted by atomic mass is 9.40. The van der Waals surface area contributed by atoms with Gasteiger partial charge >= 0.3 is 0 Å². The van der Waals surface area contributed by atoms with Gasteiger partial charge in [-0.2, -0.15) is 0 Å². The van der Waals surface area contributed by atoms with E-state index in [4.69, 9.17) is 0 Å². The van der Waals surface area contributed by atoms with Crippen LogP contribution in [0.15, 0.2) is 0 Å². The van der Waals surface area contributed by atoms with E-state index in [2.05, 4.69) is 34.6 Å². The summed E-state index contributed by atoms with van der Waals surface area (Å²) in [6, 6.07) is 0. The van der Waals surface area contributed by atoms with Crippen molar-refractivity contribution in [2.75, 3.05) is 0 Å². The van der Waals surface area contributed by atoms with E-state index in [-0.39, 0.29) is 46.9 Å². The number of rotatable bonds is 4. The highest BCUT2D eigenvalue weighted by Gasteiger charge is 2.67. The highest BCUT2D eigenvalue weighted by atomic mass is 16.3. The van der Waals surface area contributed by atoms with Gasteiger partial charge < -0.3 is 15.3 Å². The zero-order chi connectivity index (χ0) is 21.1. The van der Waals surface area contributed by atoms with Crippen LogP contribution in [0.3, 0.4) is 0 Å². The summed E-state index contributed by atoms with van der Waals surface area (Å²) in [5.41, 5.74) is 0.212. The van der Waals surface area contributed by atoms with E-state index in [1.807, 2.05) is 0 Å². The normalized spacial score (nSPS) is 55.7. The first-order chi connectivity index (χ1) is 13.7. The number of aliphatic hydroxyl groups excluding tert-OH is 3. The Hall–Kier alpha value is -0.120. The minimum atomic E-state index is -0.326. The first kappa shape index (κ1) is 22.1. The third-order valence-electron chi connectivity index (χ3n) is 10.8. The molecule has 0 heterocycles. The molecule has 0 aromatic heterocycles. The maximum atomic E-state index is 11.7. The second-order valence-corrected chi connectivity index (χ2v) is 12.0. The second kappa shape index (κ2) is 7.78. The predicted molar refractivity (Wildman–Crippen MR) is 117 cm³/mol. The van der Waals surface area contributed by atoms with Crippen molar-refractivity contribution in [1.82, 2.24) is 0 Å². The van der Waals surface area contributed by atoms with Crippen molar-refractivity contribution in [2.24, 2.45) is 52.3 Å². The molecule has 4 aliphatic carbocycles. The average Bonchev–Trinajstić information content (AvgIpc) is 3.00. The quantitative estimate of drug-likeness (QED) is 0.614. The molecule has 0 saturated heterocycles. The molecule has 0 spiro atoms. The third kappa shape index (κ3) is 3.16. The summed E-state index contributed by atoms with van der Waals surface area (Å²) in [5.74, 6) is 2.93. The summed E-state index contributed by atoms with van der Waals surface area (Å²) in [4.78, 5) is 0. The van der Waals surface area contributed by atoms with E-state index < -0.39 is 0 Å². The fourth-order valence-electron chi connectivity index (χ4n) is 9.70. The van der Waals surface area contributed by atoms with Crippen LogP contribution in [-0.2, 0) is 0 Å². The Labute approximate surface area is 178 Å². The third-order valence-corrected chi connectivity index (χ3v) is 10.8. The SMILES string of the molecule is CCC[C@@H](C)[C@H]1CCC2C3C([C@@H](O)C[C@@]21C)[C@@]1(C)CC[C@@H](O)C[C@H]1[C@@H](CC)[C@H]3O. The fourth-order valence-corrected chi connectivity index (χ4v) is 9.70. The van der Waals surface area contributed by atoms with Crippen molar-refractivity contribution < 1.29 is 15.3 Å². The predicted octanol–water partition coefficient (Wildman–Crippen LogP) is 5.02. The van der Waals surface area contributed by atoms with Gasteiger partial charge in [0.05, 0.1) is 18.3 Å². The van der Waals surface area contributed by atoms with Gasteiger partial charge in [-0.3, -0.25) is 0 Å². The molecule has 12 atom stereocenters. The molecule has 0 bridgehead atoms. The molecule has 0 aromatic carbocycles. The molecule has 168 valence electrons. The Morgan fingerprint density at radius 3 is 2.34 bits per heavy atom. The molecule has 4 fully saturated rings. The van der Waals surface area contributed by atoms with E-state index in [0.717, 1.165) is 32.1 Å². The molecule has 3 N–H and O–H groups in total. The number of aliphatic hydroxyl groups is 3. The standard InChI is InChI=1S/C26H46O3/c1-6-8-15(3)18-9-10-19-22-23(21(28)14-26(18,19)5)25(4)12-11-16(27)13-20(25)17(7-2)24(22)29/h15-24,27-29H,6-14H2,1-5H3/t15-,16-,17-,18-,19?,20+,21+,22?,23?,24-,25+,26-/m1/s1. The minimum Gasteiger partial charge on any atom is -0.393 e. The maximum absolute atomic E-state index is 11.7. The molecule has 0 radical (unpaired) electrons. The number of fused-ring (bicyclic) bond motifs is 5. The lowest BCUT2D eigenvalue weighted by Gasteiger charge is -2.66. The van der Waals surface area contributed by atoms with E-state index in [1.165, 1.54) is 25.7 Å². The van der Waals surface area contributed by atoms with Gasteiger partial charge in [-0.25, -0.2) is 0 Å². The van der Waals surface area contributed by atoms with Gasteiger partial charge in [0, 0.05) is 0 Å². The summed E-state index contributed by atoms with van der Waals surface area (Å²) < 4.78 is 0. The van der Waals surface area contributed by atoms with E-state index >= 15 is 0 Å². The van der Waals surface area contributed by atoms with Crippen LogP contribution in [0.1, 0.15) is 92.4 Å². The van der Waals surface area contributed by atoms with Crippen LogP contribution in [-0.4, -0.2) is 33.6 Å². The zero-order valence-electron chi connectivity index (χ0n) is 19.5. The van der Waals surface area contributed by atoms with E-state index in [9.17, 15) is 15.3 Å². The van der Waals surface area contributed by atoms with Crippen LogP contribution < -0.4 is 0 Å². The topological polar surface area (TPSA) is 60.7 Å². The Morgan fingerprint density at radius 1 is 0.966 bits per heavy atom. The largest absolute Gasteiger partial charge is 0.393 e. The molecule has 4 aliphatic rings. The molecule has 4 saturated carbocycles. The van der Waals surface area contributed by atoms with E-state index in [0.29, 0.717) is 23.7 Å². The molecule has 0 aliphatic heterocycles. The van der Waals surface area contributed by atoms with Crippen molar-refractivity contribution in [3.63, 3.8) is 0 Å². The first-order valence-corrected chi connectivity index (χ1v) is 12.7. The van der Waals surface area contributed by atoms with Gasteiger partial charge in [0.1, 0.15) is 0 Å². The molecule has 0 aromatic rings. The number of hydrogen-bond acceptors (Lipinski definition) is 3. The van der Waals surface area contributed by atoms with Gasteiger partial charge in [0.15, 0.2) is 0 Å². The number of hydrogen-bond donors (Lipinski definition) is 3. The van der Waals surface area contributed by atoms with Crippen LogP contribution in [0.5, 0.6) is 0 Å². The zero-order valence-corrected chi connectivity index (χ0v) is 19.5. The van der Waals surface area contributed by atoms with Gasteiger partial charge in [-0.05, 0) is 90.8 Å².